The molecule has 0 saturated heterocycles. The third kappa shape index (κ3) is 3.82. The van der Waals surface area contributed by atoms with E-state index < -0.39 is 5.67 Å². The van der Waals surface area contributed by atoms with Gasteiger partial charge in [0.05, 0.1) is 21.0 Å². The molecule has 166 valence electrons. The number of alkyl halides is 1. The Morgan fingerprint density at radius 2 is 1.91 bits per heavy atom. The van der Waals surface area contributed by atoms with E-state index in [0.717, 1.165) is 21.8 Å². The van der Waals surface area contributed by atoms with Crippen LogP contribution in [0.2, 0.25) is 5.02 Å². The van der Waals surface area contributed by atoms with Gasteiger partial charge in [-0.25, -0.2) is 9.37 Å². The number of fused-ring (bicyclic) bond motifs is 1. The van der Waals surface area contributed by atoms with Crippen LogP contribution in [0.15, 0.2) is 48.5 Å². The van der Waals surface area contributed by atoms with E-state index in [1.54, 1.807) is 13.0 Å². The van der Waals surface area contributed by atoms with Crippen molar-refractivity contribution in [3.05, 3.63) is 76.1 Å². The summed E-state index contributed by atoms with van der Waals surface area (Å²) in [4.78, 5) is 17.6. The number of nitrogens with one attached hydrogen (secondary N) is 1. The van der Waals surface area contributed by atoms with E-state index in [1.807, 2.05) is 74.7 Å². The maximum atomic E-state index is 15.6. The zero-order chi connectivity index (χ0) is 23.2. The molecule has 0 aliphatic carbocycles. The third-order valence-electron chi connectivity index (χ3n) is 6.02. The van der Waals surface area contributed by atoms with E-state index in [0.29, 0.717) is 26.8 Å². The van der Waals surface area contributed by atoms with Gasteiger partial charge < -0.3 is 4.57 Å². The molecule has 0 fully saturated rings. The smallest absolute Gasteiger partial charge is 0.259 e. The first-order valence-electron chi connectivity index (χ1n) is 10.5. The highest BCUT2D eigenvalue weighted by Crippen LogP contribution is 2.38. The third-order valence-corrected chi connectivity index (χ3v) is 7.26. The zero-order valence-corrected chi connectivity index (χ0v) is 20.2. The number of nitrogens with zero attached hydrogens (tertiary/aromatic N) is 2. The fourth-order valence-corrected chi connectivity index (χ4v) is 5.05. The Bertz CT molecular complexity index is 1320. The second-order valence-corrected chi connectivity index (χ2v) is 9.87. The first-order valence-corrected chi connectivity index (χ1v) is 11.6. The van der Waals surface area contributed by atoms with Gasteiger partial charge in [-0.2, -0.15) is 0 Å². The van der Waals surface area contributed by atoms with Crippen LogP contribution >= 0.6 is 22.9 Å². The van der Waals surface area contributed by atoms with Crippen LogP contribution < -0.4 is 5.32 Å². The van der Waals surface area contributed by atoms with E-state index in [2.05, 4.69) is 10.3 Å². The van der Waals surface area contributed by atoms with Crippen molar-refractivity contribution < 1.29 is 9.18 Å². The molecular weight excluding hydrogens is 445 g/mol. The van der Waals surface area contributed by atoms with Gasteiger partial charge in [0.1, 0.15) is 11.2 Å². The molecule has 2 heterocycles. The summed E-state index contributed by atoms with van der Waals surface area (Å²) in [7, 11) is 0. The minimum absolute atomic E-state index is 0.201. The van der Waals surface area contributed by atoms with Crippen molar-refractivity contribution in [1.29, 1.82) is 0 Å². The monoisotopic (exact) mass is 469 g/mol. The number of hydrogen-bond donors (Lipinski definition) is 1. The van der Waals surface area contributed by atoms with Crippen LogP contribution in [0.1, 0.15) is 48.1 Å². The molecule has 4 rings (SSSR count). The van der Waals surface area contributed by atoms with Gasteiger partial charge in [-0.15, -0.1) is 0 Å². The number of halogens is 2. The van der Waals surface area contributed by atoms with Crippen molar-refractivity contribution in [3.8, 4) is 5.69 Å². The Morgan fingerprint density at radius 1 is 1.19 bits per heavy atom. The molecule has 1 amide bonds. The maximum Gasteiger partial charge on any atom is 0.259 e. The van der Waals surface area contributed by atoms with Crippen LogP contribution in [0.4, 0.5) is 9.52 Å². The number of rotatable bonds is 5. The van der Waals surface area contributed by atoms with E-state index >= 15 is 4.39 Å². The fraction of sp³-hybridized carbons (Fsp3) is 0.280. The number of thiazole rings is 1. The second kappa shape index (κ2) is 8.34. The first-order chi connectivity index (χ1) is 15.1. The van der Waals surface area contributed by atoms with E-state index in [-0.39, 0.29) is 11.8 Å². The quantitative estimate of drug-likeness (QED) is 0.330. The van der Waals surface area contributed by atoms with Gasteiger partial charge in [0.25, 0.3) is 5.91 Å². The SMILES string of the molecule is Cc1cc(C(=O)Nc2nc3c(Cl)cccc3s2)c(C)n1-c1ccccc1C(C)(F)C(C)C. The topological polar surface area (TPSA) is 46.9 Å². The summed E-state index contributed by atoms with van der Waals surface area (Å²) in [6.07, 6.45) is 0. The van der Waals surface area contributed by atoms with Crippen molar-refractivity contribution in [2.45, 2.75) is 40.3 Å². The first kappa shape index (κ1) is 22.5. The highest BCUT2D eigenvalue weighted by molar-refractivity contribution is 7.22. The van der Waals surface area contributed by atoms with Crippen LogP contribution in [-0.2, 0) is 5.67 Å². The molecule has 0 saturated carbocycles. The van der Waals surface area contributed by atoms with Crippen molar-refractivity contribution >= 4 is 44.2 Å². The molecule has 0 spiro atoms. The molecule has 32 heavy (non-hydrogen) atoms. The Balaban J connectivity index is 1.73. The standard InChI is InChI=1S/C25H25ClFN3OS/c1-14(2)25(5,27)18-9-6-7-11-20(18)30-15(3)13-17(16(30)4)23(31)29-24-28-22-19(26)10-8-12-21(22)32-24/h6-14H,1-5H3,(H,28,29,31). The maximum absolute atomic E-state index is 15.6. The number of aromatic nitrogens is 2. The van der Waals surface area contributed by atoms with E-state index in [9.17, 15) is 4.79 Å². The van der Waals surface area contributed by atoms with Crippen LogP contribution in [0.25, 0.3) is 15.9 Å². The fourth-order valence-electron chi connectivity index (χ4n) is 3.89. The summed E-state index contributed by atoms with van der Waals surface area (Å²) in [6.45, 7) is 9.14. The summed E-state index contributed by atoms with van der Waals surface area (Å²) in [5, 5.41) is 3.93. The number of para-hydroxylation sites is 2. The van der Waals surface area contributed by atoms with Crippen LogP contribution in [0.5, 0.6) is 0 Å². The largest absolute Gasteiger partial charge is 0.317 e. The van der Waals surface area contributed by atoms with Crippen molar-refractivity contribution in [1.82, 2.24) is 9.55 Å². The lowest BCUT2D eigenvalue weighted by Crippen LogP contribution is -2.25. The molecular formula is C25H25ClFN3OS. The van der Waals surface area contributed by atoms with E-state index in [1.165, 1.54) is 11.3 Å². The van der Waals surface area contributed by atoms with Gasteiger partial charge >= 0.3 is 0 Å². The molecule has 4 nitrogen and oxygen atoms in total. The Hall–Kier alpha value is -2.70. The minimum atomic E-state index is -1.51. The van der Waals surface area contributed by atoms with Crippen LogP contribution in [0.3, 0.4) is 0 Å². The van der Waals surface area contributed by atoms with Gasteiger partial charge in [0.2, 0.25) is 0 Å². The molecule has 1 atom stereocenters. The summed E-state index contributed by atoms with van der Waals surface area (Å²) >= 11 is 7.59. The number of benzene rings is 2. The van der Waals surface area contributed by atoms with Crippen LogP contribution in [-0.4, -0.2) is 15.5 Å². The predicted molar refractivity (Wildman–Crippen MR) is 131 cm³/mol. The van der Waals surface area contributed by atoms with Crippen molar-refractivity contribution in [3.63, 3.8) is 0 Å². The lowest BCUT2D eigenvalue weighted by atomic mass is 9.86. The summed E-state index contributed by atoms with van der Waals surface area (Å²) in [6, 6.07) is 14.8. The summed E-state index contributed by atoms with van der Waals surface area (Å²) < 4.78 is 18.5. The van der Waals surface area contributed by atoms with Gasteiger partial charge in [0, 0.05) is 17.0 Å². The van der Waals surface area contributed by atoms with Gasteiger partial charge in [-0.3, -0.25) is 10.1 Å². The average Bonchev–Trinajstić information content (AvgIpc) is 3.28. The number of hydrogen-bond acceptors (Lipinski definition) is 3. The van der Waals surface area contributed by atoms with Crippen molar-refractivity contribution in [2.75, 3.05) is 5.32 Å². The molecule has 0 radical (unpaired) electrons. The molecule has 0 aliphatic rings. The average molecular weight is 470 g/mol. The molecule has 0 bridgehead atoms. The number of carbonyl (C=O) groups is 1. The highest BCUT2D eigenvalue weighted by atomic mass is 35.5. The van der Waals surface area contributed by atoms with Crippen molar-refractivity contribution in [2.24, 2.45) is 5.92 Å². The van der Waals surface area contributed by atoms with E-state index in [4.69, 9.17) is 11.6 Å². The lowest BCUT2D eigenvalue weighted by Gasteiger charge is -2.28. The Kier molecular flexibility index (Phi) is 5.86. The number of carbonyl (C=O) groups excluding carboxylic acids is 1. The predicted octanol–water partition coefficient (Wildman–Crippen LogP) is 7.45. The Labute approximate surface area is 196 Å². The van der Waals surface area contributed by atoms with Gasteiger partial charge in [0.15, 0.2) is 5.13 Å². The summed E-state index contributed by atoms with van der Waals surface area (Å²) in [5.74, 6) is -0.461. The highest BCUT2D eigenvalue weighted by Gasteiger charge is 2.33. The molecule has 4 aromatic rings. The van der Waals surface area contributed by atoms with Gasteiger partial charge in [-0.1, -0.05) is 61.1 Å². The second-order valence-electron chi connectivity index (χ2n) is 8.43. The molecule has 7 heteroatoms. The molecule has 1 unspecified atom stereocenters. The molecule has 2 aromatic heterocycles. The number of amides is 1. The zero-order valence-electron chi connectivity index (χ0n) is 18.7. The number of anilines is 1. The van der Waals surface area contributed by atoms with Crippen LogP contribution in [0, 0.1) is 19.8 Å². The molecule has 2 aromatic carbocycles. The number of aryl methyl sites for hydroxylation is 1. The minimum Gasteiger partial charge on any atom is -0.317 e. The molecule has 0 aliphatic heterocycles. The molecule has 1 N–H and O–H groups in total. The summed E-state index contributed by atoms with van der Waals surface area (Å²) in [5.41, 5.74) is 2.62. The Morgan fingerprint density at radius 3 is 2.59 bits per heavy atom. The van der Waals surface area contributed by atoms with Gasteiger partial charge in [-0.05, 0) is 51.0 Å². The normalized spacial score (nSPS) is 13.5. The lowest BCUT2D eigenvalue weighted by molar-refractivity contribution is 0.102.